The minimum absolute atomic E-state index is 0.499. The third kappa shape index (κ3) is 3.80. The molecule has 0 aliphatic carbocycles. The molecule has 0 bridgehead atoms. The number of aliphatic imine (C=N–C) groups is 1. The van der Waals surface area contributed by atoms with Crippen molar-refractivity contribution in [2.24, 2.45) is 10.9 Å². The molecule has 0 fully saturated rings. The molecule has 0 rings (SSSR count). The van der Waals surface area contributed by atoms with Crippen LogP contribution in [0.1, 0.15) is 48.5 Å². The zero-order valence-corrected chi connectivity index (χ0v) is 11.8. The molecule has 0 aromatic carbocycles. The average Bonchev–Trinajstić information content (AvgIpc) is 2.11. The number of allylic oxidation sites excluding steroid dienone is 5. The normalized spacial score (nSPS) is 13.0. The Hall–Kier alpha value is -1.11. The molecule has 1 heteroatoms. The SMILES string of the molecule is C=C(C)/C(C(=C(C)C)C(C)C)=C(/C)N=CC. The Morgan fingerprint density at radius 3 is 1.88 bits per heavy atom. The van der Waals surface area contributed by atoms with Crippen molar-refractivity contribution < 1.29 is 0 Å². The Bertz CT molecular complexity index is 348. The van der Waals surface area contributed by atoms with Gasteiger partial charge in [-0.05, 0) is 51.7 Å². The van der Waals surface area contributed by atoms with Gasteiger partial charge in [-0.1, -0.05) is 26.0 Å². The molecule has 0 spiro atoms. The first kappa shape index (κ1) is 14.9. The minimum Gasteiger partial charge on any atom is -0.266 e. The van der Waals surface area contributed by atoms with Crippen LogP contribution in [0, 0.1) is 5.92 Å². The molecular formula is C15H25N. The number of nitrogens with zero attached hydrogens (tertiary/aromatic N) is 1. The molecule has 0 saturated heterocycles. The first-order valence-electron chi connectivity index (χ1n) is 5.86. The molecule has 0 atom stereocenters. The third-order valence-corrected chi connectivity index (χ3v) is 2.50. The van der Waals surface area contributed by atoms with Crippen molar-refractivity contribution in [1.29, 1.82) is 0 Å². The molecule has 0 radical (unpaired) electrons. The van der Waals surface area contributed by atoms with Crippen LogP contribution in [0.15, 0.2) is 39.6 Å². The predicted molar refractivity (Wildman–Crippen MR) is 74.9 cm³/mol. The van der Waals surface area contributed by atoms with Crippen LogP contribution in [0.2, 0.25) is 0 Å². The molecule has 0 aromatic heterocycles. The van der Waals surface area contributed by atoms with Gasteiger partial charge in [-0.3, -0.25) is 4.99 Å². The van der Waals surface area contributed by atoms with Crippen LogP contribution in [-0.4, -0.2) is 6.21 Å². The molecule has 0 unspecified atom stereocenters. The fraction of sp³-hybridized carbons (Fsp3) is 0.533. The first-order chi connectivity index (χ1) is 7.32. The smallest absolute Gasteiger partial charge is 0.0446 e. The zero-order chi connectivity index (χ0) is 12.9. The van der Waals surface area contributed by atoms with E-state index in [0.717, 1.165) is 11.3 Å². The topological polar surface area (TPSA) is 12.4 Å². The van der Waals surface area contributed by atoms with Gasteiger partial charge in [0.05, 0.1) is 0 Å². The summed E-state index contributed by atoms with van der Waals surface area (Å²) in [6, 6.07) is 0. The number of hydrogen-bond donors (Lipinski definition) is 0. The summed E-state index contributed by atoms with van der Waals surface area (Å²) in [5.41, 5.74) is 6.08. The van der Waals surface area contributed by atoms with Crippen molar-refractivity contribution in [2.45, 2.75) is 48.5 Å². The minimum atomic E-state index is 0.499. The summed E-state index contributed by atoms with van der Waals surface area (Å²) in [4.78, 5) is 4.39. The van der Waals surface area contributed by atoms with Gasteiger partial charge < -0.3 is 0 Å². The molecular weight excluding hydrogens is 194 g/mol. The van der Waals surface area contributed by atoms with Gasteiger partial charge in [0.2, 0.25) is 0 Å². The highest BCUT2D eigenvalue weighted by Gasteiger charge is 2.14. The Balaban J connectivity index is 5.82. The zero-order valence-electron chi connectivity index (χ0n) is 11.8. The lowest BCUT2D eigenvalue weighted by molar-refractivity contribution is 0.764. The summed E-state index contributed by atoms with van der Waals surface area (Å²) in [5.74, 6) is 0.499. The maximum atomic E-state index is 4.39. The predicted octanol–water partition coefficient (Wildman–Crippen LogP) is 4.92. The maximum Gasteiger partial charge on any atom is 0.0446 e. The molecule has 0 aliphatic heterocycles. The van der Waals surface area contributed by atoms with Gasteiger partial charge in [-0.2, -0.15) is 0 Å². The molecule has 0 heterocycles. The van der Waals surface area contributed by atoms with E-state index in [1.807, 2.05) is 13.1 Å². The third-order valence-electron chi connectivity index (χ3n) is 2.50. The maximum absolute atomic E-state index is 4.39. The van der Waals surface area contributed by atoms with Gasteiger partial charge in [-0.15, -0.1) is 0 Å². The van der Waals surface area contributed by atoms with E-state index in [9.17, 15) is 0 Å². The van der Waals surface area contributed by atoms with Gasteiger partial charge in [-0.25, -0.2) is 0 Å². The lowest BCUT2D eigenvalue weighted by Gasteiger charge is -2.19. The van der Waals surface area contributed by atoms with E-state index in [2.05, 4.69) is 53.1 Å². The second-order valence-corrected chi connectivity index (χ2v) is 4.70. The summed E-state index contributed by atoms with van der Waals surface area (Å²) >= 11 is 0. The molecule has 1 nitrogen and oxygen atoms in total. The van der Waals surface area contributed by atoms with Gasteiger partial charge in [0.1, 0.15) is 0 Å². The van der Waals surface area contributed by atoms with Crippen LogP contribution in [-0.2, 0) is 0 Å². The van der Waals surface area contributed by atoms with Crippen molar-refractivity contribution >= 4 is 6.21 Å². The summed E-state index contributed by atoms with van der Waals surface area (Å²) in [7, 11) is 0. The van der Waals surface area contributed by atoms with Gasteiger partial charge >= 0.3 is 0 Å². The monoisotopic (exact) mass is 219 g/mol. The highest BCUT2D eigenvalue weighted by molar-refractivity contribution is 5.58. The molecule has 16 heavy (non-hydrogen) atoms. The standard InChI is InChI=1S/C15H25N/c1-9-16-13(8)15(12(6)7)14(10(2)3)11(4)5/h9-10H,6H2,1-5,7-8H3/b15-13+,16-9?. The van der Waals surface area contributed by atoms with Crippen LogP contribution in [0.5, 0.6) is 0 Å². The van der Waals surface area contributed by atoms with E-state index in [1.165, 1.54) is 16.7 Å². The molecule has 0 saturated carbocycles. The number of rotatable bonds is 4. The van der Waals surface area contributed by atoms with Crippen molar-refractivity contribution in [3.05, 3.63) is 34.6 Å². The van der Waals surface area contributed by atoms with E-state index in [4.69, 9.17) is 0 Å². The number of hydrogen-bond acceptors (Lipinski definition) is 1. The molecule has 0 aliphatic rings. The summed E-state index contributed by atoms with van der Waals surface area (Å²) in [6.45, 7) is 18.9. The van der Waals surface area contributed by atoms with Crippen LogP contribution in [0.4, 0.5) is 0 Å². The van der Waals surface area contributed by atoms with E-state index in [-0.39, 0.29) is 0 Å². The van der Waals surface area contributed by atoms with Crippen LogP contribution >= 0.6 is 0 Å². The van der Waals surface area contributed by atoms with Crippen LogP contribution in [0.25, 0.3) is 0 Å². The quantitative estimate of drug-likeness (QED) is 0.470. The van der Waals surface area contributed by atoms with E-state index in [0.29, 0.717) is 5.92 Å². The fourth-order valence-corrected chi connectivity index (χ4v) is 2.11. The lowest BCUT2D eigenvalue weighted by Crippen LogP contribution is -2.03. The fourth-order valence-electron chi connectivity index (χ4n) is 2.11. The van der Waals surface area contributed by atoms with Crippen molar-refractivity contribution in [2.75, 3.05) is 0 Å². The van der Waals surface area contributed by atoms with Gasteiger partial charge in [0.25, 0.3) is 0 Å². The molecule has 0 aromatic rings. The highest BCUT2D eigenvalue weighted by atomic mass is 14.7. The average molecular weight is 219 g/mol. The van der Waals surface area contributed by atoms with Crippen molar-refractivity contribution in [3.8, 4) is 0 Å². The van der Waals surface area contributed by atoms with Gasteiger partial charge in [0.15, 0.2) is 0 Å². The first-order valence-corrected chi connectivity index (χ1v) is 5.86. The Kier molecular flexibility index (Phi) is 6.02. The van der Waals surface area contributed by atoms with E-state index in [1.54, 1.807) is 0 Å². The Morgan fingerprint density at radius 1 is 1.12 bits per heavy atom. The Labute approximate surface area is 101 Å². The largest absolute Gasteiger partial charge is 0.266 e. The van der Waals surface area contributed by atoms with Gasteiger partial charge in [0, 0.05) is 17.5 Å². The second kappa shape index (κ2) is 6.47. The van der Waals surface area contributed by atoms with Crippen LogP contribution < -0.4 is 0 Å². The van der Waals surface area contributed by atoms with Crippen molar-refractivity contribution in [1.82, 2.24) is 0 Å². The molecule has 90 valence electrons. The summed E-state index contributed by atoms with van der Waals surface area (Å²) in [5, 5.41) is 0. The van der Waals surface area contributed by atoms with Crippen LogP contribution in [0.3, 0.4) is 0 Å². The highest BCUT2D eigenvalue weighted by Crippen LogP contribution is 2.30. The lowest BCUT2D eigenvalue weighted by atomic mass is 9.87. The van der Waals surface area contributed by atoms with Crippen molar-refractivity contribution in [3.63, 3.8) is 0 Å². The molecule has 0 amide bonds. The summed E-state index contributed by atoms with van der Waals surface area (Å²) in [6.07, 6.45) is 1.83. The molecule has 0 N–H and O–H groups in total. The van der Waals surface area contributed by atoms with E-state index >= 15 is 0 Å². The second-order valence-electron chi connectivity index (χ2n) is 4.70. The summed E-state index contributed by atoms with van der Waals surface area (Å²) < 4.78 is 0. The van der Waals surface area contributed by atoms with E-state index < -0.39 is 0 Å². The Morgan fingerprint density at radius 2 is 1.62 bits per heavy atom.